The maximum Gasteiger partial charge on any atom is 0.324 e. The van der Waals surface area contributed by atoms with Crippen molar-refractivity contribution in [2.75, 3.05) is 6.61 Å². The van der Waals surface area contributed by atoms with Gasteiger partial charge >= 0.3 is 5.97 Å². The van der Waals surface area contributed by atoms with Crippen LogP contribution in [0.3, 0.4) is 0 Å². The summed E-state index contributed by atoms with van der Waals surface area (Å²) in [5, 5.41) is 13.1. The molecule has 0 radical (unpaired) electrons. The first-order valence-electron chi connectivity index (χ1n) is 8.81. The molecule has 2 N–H and O–H groups in total. The van der Waals surface area contributed by atoms with Crippen molar-refractivity contribution < 1.29 is 14.6 Å². The molecule has 0 aromatic rings. The second-order valence-electron chi connectivity index (χ2n) is 7.36. The lowest BCUT2D eigenvalue weighted by Crippen LogP contribution is -2.57. The van der Waals surface area contributed by atoms with Gasteiger partial charge in [-0.15, -0.1) is 0 Å². The van der Waals surface area contributed by atoms with Gasteiger partial charge in [0.2, 0.25) is 0 Å². The summed E-state index contributed by atoms with van der Waals surface area (Å²) in [6.45, 7) is 0.837. The smallest absolute Gasteiger partial charge is 0.324 e. The molecule has 3 saturated carbocycles. The first kappa shape index (κ1) is 15.3. The number of hydrogen-bond donors (Lipinski definition) is 2. The monoisotopic (exact) mass is 295 g/mol. The number of nitrogens with one attached hydrogen (secondary N) is 1. The van der Waals surface area contributed by atoms with E-state index in [2.05, 4.69) is 5.32 Å². The van der Waals surface area contributed by atoms with Crippen molar-refractivity contribution in [3.63, 3.8) is 0 Å². The van der Waals surface area contributed by atoms with E-state index in [1.807, 2.05) is 0 Å². The van der Waals surface area contributed by atoms with Crippen LogP contribution in [0.1, 0.15) is 70.6 Å². The third kappa shape index (κ3) is 3.98. The van der Waals surface area contributed by atoms with Gasteiger partial charge in [0.05, 0.1) is 6.10 Å². The zero-order valence-corrected chi connectivity index (χ0v) is 13.0. The van der Waals surface area contributed by atoms with Gasteiger partial charge in [0, 0.05) is 19.1 Å². The molecular formula is C17H29NO3. The van der Waals surface area contributed by atoms with E-state index in [1.54, 1.807) is 0 Å². The zero-order chi connectivity index (χ0) is 14.7. The lowest BCUT2D eigenvalue weighted by atomic mass is 9.79. The van der Waals surface area contributed by atoms with E-state index in [0.29, 0.717) is 18.4 Å². The molecule has 0 spiro atoms. The van der Waals surface area contributed by atoms with E-state index in [9.17, 15) is 9.90 Å². The summed E-state index contributed by atoms with van der Waals surface area (Å²) >= 11 is 0. The molecule has 0 aromatic carbocycles. The summed E-state index contributed by atoms with van der Waals surface area (Å²) in [6.07, 6.45) is 12.4. The van der Waals surface area contributed by atoms with Crippen molar-refractivity contribution in [2.24, 2.45) is 5.92 Å². The van der Waals surface area contributed by atoms with E-state index < -0.39 is 11.5 Å². The Morgan fingerprint density at radius 1 is 1.10 bits per heavy atom. The van der Waals surface area contributed by atoms with Crippen molar-refractivity contribution in [3.05, 3.63) is 0 Å². The Hall–Kier alpha value is -0.610. The number of ether oxygens (including phenoxy) is 1. The first-order valence-corrected chi connectivity index (χ1v) is 8.81. The van der Waals surface area contributed by atoms with Crippen molar-refractivity contribution in [2.45, 2.75) is 88.3 Å². The summed E-state index contributed by atoms with van der Waals surface area (Å²) in [5.41, 5.74) is -0.726. The van der Waals surface area contributed by atoms with Crippen LogP contribution in [0.25, 0.3) is 0 Å². The van der Waals surface area contributed by atoms with Crippen LogP contribution >= 0.6 is 0 Å². The van der Waals surface area contributed by atoms with Crippen LogP contribution in [0, 0.1) is 5.92 Å². The molecule has 21 heavy (non-hydrogen) atoms. The van der Waals surface area contributed by atoms with E-state index in [-0.39, 0.29) is 6.10 Å². The van der Waals surface area contributed by atoms with E-state index in [1.165, 1.54) is 32.1 Å². The van der Waals surface area contributed by atoms with Crippen LogP contribution < -0.4 is 5.32 Å². The molecule has 3 fully saturated rings. The van der Waals surface area contributed by atoms with Gasteiger partial charge in [-0.25, -0.2) is 0 Å². The molecule has 2 atom stereocenters. The SMILES string of the molecule is O=C(O)C1(NC2CC2)CCCC(OCC2CCCCC2)C1. The molecule has 0 bridgehead atoms. The highest BCUT2D eigenvalue weighted by Gasteiger charge is 2.46. The van der Waals surface area contributed by atoms with Crippen LogP contribution in [0.15, 0.2) is 0 Å². The molecule has 0 saturated heterocycles. The molecule has 2 unspecified atom stereocenters. The average Bonchev–Trinajstić information content (AvgIpc) is 3.30. The van der Waals surface area contributed by atoms with Crippen molar-refractivity contribution in [1.29, 1.82) is 0 Å². The second kappa shape index (κ2) is 6.66. The maximum absolute atomic E-state index is 11.8. The quantitative estimate of drug-likeness (QED) is 0.790. The van der Waals surface area contributed by atoms with E-state index >= 15 is 0 Å². The van der Waals surface area contributed by atoms with Crippen LogP contribution in [-0.4, -0.2) is 35.4 Å². The number of rotatable bonds is 6. The number of hydrogen-bond acceptors (Lipinski definition) is 3. The van der Waals surface area contributed by atoms with Gasteiger partial charge in [-0.2, -0.15) is 0 Å². The molecule has 4 heteroatoms. The third-order valence-corrected chi connectivity index (χ3v) is 5.47. The molecule has 3 aliphatic rings. The molecule has 0 aliphatic heterocycles. The van der Waals surface area contributed by atoms with Crippen molar-refractivity contribution in [3.8, 4) is 0 Å². The zero-order valence-electron chi connectivity index (χ0n) is 13.0. The topological polar surface area (TPSA) is 58.6 Å². The molecule has 3 rings (SSSR count). The Kier molecular flexibility index (Phi) is 4.85. The van der Waals surface area contributed by atoms with Crippen LogP contribution in [0.4, 0.5) is 0 Å². The summed E-state index contributed by atoms with van der Waals surface area (Å²) in [6, 6.07) is 0.429. The Morgan fingerprint density at radius 3 is 2.52 bits per heavy atom. The van der Waals surface area contributed by atoms with Crippen molar-refractivity contribution in [1.82, 2.24) is 5.32 Å². The molecule has 0 heterocycles. The fourth-order valence-corrected chi connectivity index (χ4v) is 4.00. The minimum Gasteiger partial charge on any atom is -0.480 e. The minimum absolute atomic E-state index is 0.128. The summed E-state index contributed by atoms with van der Waals surface area (Å²) in [5.74, 6) is 0.0247. The molecule has 3 aliphatic carbocycles. The molecule has 0 aromatic heterocycles. The van der Waals surface area contributed by atoms with Gasteiger partial charge in [-0.05, 0) is 50.9 Å². The van der Waals surface area contributed by atoms with Crippen LogP contribution in [0.2, 0.25) is 0 Å². The number of carboxylic acid groups (broad SMARTS) is 1. The van der Waals surface area contributed by atoms with E-state index in [0.717, 1.165) is 38.7 Å². The summed E-state index contributed by atoms with van der Waals surface area (Å²) in [7, 11) is 0. The average molecular weight is 295 g/mol. The standard InChI is InChI=1S/C17H29NO3/c19-16(20)17(18-14-8-9-14)10-4-7-15(11-17)21-12-13-5-2-1-3-6-13/h13-15,18H,1-12H2,(H,19,20). The third-order valence-electron chi connectivity index (χ3n) is 5.47. The van der Waals surface area contributed by atoms with Gasteiger partial charge in [-0.1, -0.05) is 19.3 Å². The van der Waals surface area contributed by atoms with Gasteiger partial charge in [-0.3, -0.25) is 10.1 Å². The number of carbonyl (C=O) groups is 1. The molecule has 120 valence electrons. The second-order valence-corrected chi connectivity index (χ2v) is 7.36. The predicted octanol–water partition coefficient (Wildman–Crippen LogP) is 3.10. The normalized spacial score (nSPS) is 34.8. The predicted molar refractivity (Wildman–Crippen MR) is 81.3 cm³/mol. The van der Waals surface area contributed by atoms with Crippen LogP contribution in [-0.2, 0) is 9.53 Å². The lowest BCUT2D eigenvalue weighted by molar-refractivity contribution is -0.149. The van der Waals surface area contributed by atoms with Gasteiger partial charge < -0.3 is 9.84 Å². The van der Waals surface area contributed by atoms with E-state index in [4.69, 9.17) is 4.74 Å². The lowest BCUT2D eigenvalue weighted by Gasteiger charge is -2.39. The number of carboxylic acids is 1. The molecule has 0 amide bonds. The fraction of sp³-hybridized carbons (Fsp3) is 0.941. The number of aliphatic carboxylic acids is 1. The minimum atomic E-state index is -0.726. The molecule has 4 nitrogen and oxygen atoms in total. The Bertz CT molecular complexity index is 363. The fourth-order valence-electron chi connectivity index (χ4n) is 4.00. The van der Waals surface area contributed by atoms with Gasteiger partial charge in [0.1, 0.15) is 5.54 Å². The highest BCUT2D eigenvalue weighted by Crippen LogP contribution is 2.35. The summed E-state index contributed by atoms with van der Waals surface area (Å²) in [4.78, 5) is 11.8. The Morgan fingerprint density at radius 2 is 1.86 bits per heavy atom. The van der Waals surface area contributed by atoms with Crippen LogP contribution in [0.5, 0.6) is 0 Å². The van der Waals surface area contributed by atoms with Gasteiger partial charge in [0.15, 0.2) is 0 Å². The first-order chi connectivity index (χ1) is 10.2. The van der Waals surface area contributed by atoms with Gasteiger partial charge in [0.25, 0.3) is 0 Å². The highest BCUT2D eigenvalue weighted by molar-refractivity contribution is 5.79. The summed E-state index contributed by atoms with van der Waals surface area (Å²) < 4.78 is 6.13. The maximum atomic E-state index is 11.8. The molecular weight excluding hydrogens is 266 g/mol. The van der Waals surface area contributed by atoms with Crippen molar-refractivity contribution >= 4 is 5.97 Å². The highest BCUT2D eigenvalue weighted by atomic mass is 16.5. The Labute approximate surface area is 127 Å². The Balaban J connectivity index is 1.52. The largest absolute Gasteiger partial charge is 0.480 e.